The number of benzene rings is 8. The number of hydrogen-bond donors (Lipinski definition) is 0. The van der Waals surface area contributed by atoms with Crippen molar-refractivity contribution in [3.63, 3.8) is 0 Å². The highest BCUT2D eigenvalue weighted by molar-refractivity contribution is 7.26. The van der Waals surface area contributed by atoms with Crippen LogP contribution < -0.4 is 0 Å². The van der Waals surface area contributed by atoms with Crippen molar-refractivity contribution in [2.24, 2.45) is 15.9 Å². The summed E-state index contributed by atoms with van der Waals surface area (Å²) in [6, 6.07) is 58.5. The average molecular weight is 697 g/mol. The number of nitrogens with zero attached hydrogens (tertiary/aromatic N) is 2. The first-order valence-corrected chi connectivity index (χ1v) is 19.0. The summed E-state index contributed by atoms with van der Waals surface area (Å²) >= 11 is 1.86. The molecule has 8 aromatic carbocycles. The van der Waals surface area contributed by atoms with Gasteiger partial charge in [0.15, 0.2) is 5.84 Å². The molecule has 2 aromatic heterocycles. The van der Waals surface area contributed by atoms with E-state index in [9.17, 15) is 0 Å². The Balaban J connectivity index is 1.21. The van der Waals surface area contributed by atoms with Gasteiger partial charge < -0.3 is 4.42 Å². The van der Waals surface area contributed by atoms with Gasteiger partial charge in [-0.3, -0.25) is 4.99 Å². The molecule has 0 aliphatic carbocycles. The Morgan fingerprint density at radius 2 is 1.25 bits per heavy atom. The Kier molecular flexibility index (Phi) is 6.77. The number of furan rings is 1. The number of aliphatic imine (C=N–C) groups is 2. The van der Waals surface area contributed by atoms with Gasteiger partial charge in [-0.15, -0.1) is 11.3 Å². The number of rotatable bonds is 4. The fourth-order valence-electron chi connectivity index (χ4n) is 8.45. The molecule has 250 valence electrons. The van der Waals surface area contributed by atoms with E-state index in [1.165, 1.54) is 47.3 Å². The Labute approximate surface area is 310 Å². The van der Waals surface area contributed by atoms with E-state index in [0.29, 0.717) is 0 Å². The third-order valence-electron chi connectivity index (χ3n) is 11.0. The summed E-state index contributed by atoms with van der Waals surface area (Å²) in [5.74, 6) is 0.751. The summed E-state index contributed by atoms with van der Waals surface area (Å²) in [5, 5.41) is 9.50. The molecule has 1 aliphatic heterocycles. The van der Waals surface area contributed by atoms with Gasteiger partial charge in [0, 0.05) is 42.4 Å². The molecule has 0 bridgehead atoms. The second-order valence-corrected chi connectivity index (χ2v) is 15.1. The van der Waals surface area contributed by atoms with Crippen LogP contribution in [0.2, 0.25) is 0 Å². The van der Waals surface area contributed by atoms with Crippen molar-refractivity contribution in [1.29, 1.82) is 0 Å². The predicted molar refractivity (Wildman–Crippen MR) is 225 cm³/mol. The molecule has 2 atom stereocenters. The van der Waals surface area contributed by atoms with E-state index < -0.39 is 0 Å². The minimum atomic E-state index is -0.157. The zero-order chi connectivity index (χ0) is 35.0. The van der Waals surface area contributed by atoms with Gasteiger partial charge in [0.05, 0.1) is 11.8 Å². The van der Waals surface area contributed by atoms with Gasteiger partial charge in [0.25, 0.3) is 0 Å². The van der Waals surface area contributed by atoms with Crippen LogP contribution >= 0.6 is 11.3 Å². The van der Waals surface area contributed by atoms with Crippen molar-refractivity contribution in [3.05, 3.63) is 180 Å². The highest BCUT2D eigenvalue weighted by Crippen LogP contribution is 2.44. The third-order valence-corrected chi connectivity index (χ3v) is 12.2. The van der Waals surface area contributed by atoms with Crippen LogP contribution in [-0.2, 0) is 0 Å². The topological polar surface area (TPSA) is 37.9 Å². The lowest BCUT2D eigenvalue weighted by molar-refractivity contribution is 0.596. The number of para-hydroxylation sites is 1. The quantitative estimate of drug-likeness (QED) is 0.180. The lowest BCUT2D eigenvalue weighted by Gasteiger charge is -2.28. The van der Waals surface area contributed by atoms with Gasteiger partial charge in [-0.25, -0.2) is 4.99 Å². The molecule has 11 rings (SSSR count). The summed E-state index contributed by atoms with van der Waals surface area (Å²) in [6.07, 6.45) is 0. The molecule has 0 amide bonds. The smallest absolute Gasteiger partial charge is 0.156 e. The Bertz CT molecular complexity index is 3160. The molecular formula is C49H32N2OS. The Hall–Kier alpha value is -6.36. The van der Waals surface area contributed by atoms with Crippen molar-refractivity contribution < 1.29 is 4.42 Å². The molecule has 0 fully saturated rings. The van der Waals surface area contributed by atoms with Gasteiger partial charge in [0.2, 0.25) is 0 Å². The van der Waals surface area contributed by atoms with Crippen LogP contribution in [-0.4, -0.2) is 11.5 Å². The maximum absolute atomic E-state index is 6.64. The molecule has 1 aliphatic rings. The molecule has 3 heterocycles. The molecule has 53 heavy (non-hydrogen) atoms. The summed E-state index contributed by atoms with van der Waals surface area (Å²) < 4.78 is 9.22. The third kappa shape index (κ3) is 4.79. The van der Waals surface area contributed by atoms with E-state index >= 15 is 0 Å². The number of fused-ring (bicyclic) bond motifs is 8. The lowest BCUT2D eigenvalue weighted by atomic mass is 9.85. The van der Waals surface area contributed by atoms with Crippen molar-refractivity contribution in [2.45, 2.75) is 13.0 Å². The minimum absolute atomic E-state index is 0.0218. The van der Waals surface area contributed by atoms with Crippen LogP contribution in [0.1, 0.15) is 29.7 Å². The SMILES string of the molecule is CC1C(c2ccc3ccccc3c2)=NC(c2cc(-c3cccc4ccccc34)cc3oc4ccccc4c23)=NC1c1cccc2c1sc1ccccc12. The highest BCUT2D eigenvalue weighted by Gasteiger charge is 2.32. The summed E-state index contributed by atoms with van der Waals surface area (Å²) in [4.78, 5) is 11.3. The normalized spacial score (nSPS) is 16.2. The van der Waals surface area contributed by atoms with E-state index in [1.807, 2.05) is 17.4 Å². The van der Waals surface area contributed by atoms with E-state index in [2.05, 4.69) is 165 Å². The zero-order valence-corrected chi connectivity index (χ0v) is 29.8. The predicted octanol–water partition coefficient (Wildman–Crippen LogP) is 13.6. The van der Waals surface area contributed by atoms with E-state index in [4.69, 9.17) is 14.4 Å². The van der Waals surface area contributed by atoms with Gasteiger partial charge >= 0.3 is 0 Å². The van der Waals surface area contributed by atoms with Crippen LogP contribution in [0.5, 0.6) is 0 Å². The molecule has 0 spiro atoms. The second-order valence-electron chi connectivity index (χ2n) is 14.1. The fraction of sp³-hybridized carbons (Fsp3) is 0.0612. The number of thiophene rings is 1. The molecule has 0 saturated carbocycles. The first-order chi connectivity index (χ1) is 26.2. The van der Waals surface area contributed by atoms with E-state index in [0.717, 1.165) is 55.7 Å². The molecule has 0 N–H and O–H groups in total. The largest absolute Gasteiger partial charge is 0.456 e. The lowest BCUT2D eigenvalue weighted by Crippen LogP contribution is -2.26. The zero-order valence-electron chi connectivity index (χ0n) is 29.0. The van der Waals surface area contributed by atoms with Gasteiger partial charge in [-0.1, -0.05) is 140 Å². The van der Waals surface area contributed by atoms with Crippen LogP contribution in [0, 0.1) is 5.92 Å². The molecule has 10 aromatic rings. The molecule has 0 saturated heterocycles. The molecule has 0 radical (unpaired) electrons. The summed E-state index contributed by atoms with van der Waals surface area (Å²) in [6.45, 7) is 2.29. The van der Waals surface area contributed by atoms with Gasteiger partial charge in [0.1, 0.15) is 11.2 Å². The van der Waals surface area contributed by atoms with Gasteiger partial charge in [-0.2, -0.15) is 0 Å². The summed E-state index contributed by atoms with van der Waals surface area (Å²) in [5.41, 5.74) is 8.30. The first-order valence-electron chi connectivity index (χ1n) is 18.2. The second kappa shape index (κ2) is 11.8. The van der Waals surface area contributed by atoms with Crippen LogP contribution in [0.25, 0.3) is 74.8 Å². The Morgan fingerprint density at radius 3 is 2.15 bits per heavy atom. The van der Waals surface area contributed by atoms with Crippen molar-refractivity contribution >= 4 is 86.5 Å². The number of hydrogen-bond acceptors (Lipinski definition) is 4. The van der Waals surface area contributed by atoms with Crippen molar-refractivity contribution in [3.8, 4) is 11.1 Å². The standard InChI is InChI=1S/C49H32N2OS/c1-29-46(33-25-24-30-12-2-3-14-32(30)26-33)50-49(51-47(29)40-21-11-20-38-37-17-7-9-23-44(37)53-48(38)40)41-27-34(36-19-10-15-31-13-4-5-16-35(31)36)28-43-45(41)39-18-6-8-22-42(39)52-43/h2-29,47H,1H3. The molecular weight excluding hydrogens is 665 g/mol. The van der Waals surface area contributed by atoms with Crippen molar-refractivity contribution in [1.82, 2.24) is 0 Å². The van der Waals surface area contributed by atoms with Crippen LogP contribution in [0.3, 0.4) is 0 Å². The molecule has 2 unspecified atom stereocenters. The monoisotopic (exact) mass is 696 g/mol. The van der Waals surface area contributed by atoms with E-state index in [1.54, 1.807) is 0 Å². The summed E-state index contributed by atoms with van der Waals surface area (Å²) in [7, 11) is 0. The van der Waals surface area contributed by atoms with Crippen LogP contribution in [0.4, 0.5) is 0 Å². The first kappa shape index (κ1) is 30.3. The minimum Gasteiger partial charge on any atom is -0.456 e. The molecule has 4 heteroatoms. The Morgan fingerprint density at radius 1 is 0.528 bits per heavy atom. The van der Waals surface area contributed by atoms with Crippen LogP contribution in [0.15, 0.2) is 178 Å². The number of amidine groups is 1. The maximum atomic E-state index is 6.64. The van der Waals surface area contributed by atoms with E-state index in [-0.39, 0.29) is 12.0 Å². The average Bonchev–Trinajstić information content (AvgIpc) is 3.79. The maximum Gasteiger partial charge on any atom is 0.156 e. The fourth-order valence-corrected chi connectivity index (χ4v) is 9.70. The van der Waals surface area contributed by atoms with Gasteiger partial charge in [-0.05, 0) is 74.1 Å². The highest BCUT2D eigenvalue weighted by atomic mass is 32.1. The molecule has 3 nitrogen and oxygen atoms in total. The van der Waals surface area contributed by atoms with Crippen molar-refractivity contribution in [2.75, 3.05) is 0 Å².